The van der Waals surface area contributed by atoms with Crippen molar-refractivity contribution in [3.63, 3.8) is 0 Å². The molecule has 29 heavy (non-hydrogen) atoms. The van der Waals surface area contributed by atoms with Crippen LogP contribution in [0.1, 0.15) is 16.3 Å². The molecule has 4 rings (SSSR count). The number of nitrogens with zero attached hydrogens (tertiary/aromatic N) is 2. The Balaban J connectivity index is 1.57. The van der Waals surface area contributed by atoms with Crippen LogP contribution in [0.4, 0.5) is 0 Å². The number of benzene rings is 2. The van der Waals surface area contributed by atoms with Crippen molar-refractivity contribution in [3.05, 3.63) is 82.1 Å². The third-order valence-electron chi connectivity index (χ3n) is 4.32. The first kappa shape index (κ1) is 18.0. The Hall–Kier alpha value is -4.38. The second-order valence-electron chi connectivity index (χ2n) is 6.21. The van der Waals surface area contributed by atoms with Crippen LogP contribution in [0, 0.1) is 11.3 Å². The standard InChI is InChI=1S/C21H14N4O4/c22-10-13(20-24-15-7-3-4-8-16(15)25-20)19(27)11-29-21(28)17-9-18(26)12-5-1-2-6-14(12)23-17/h1-9,27H,11H2,(H,23,26)(H,24,25)/b19-13-. The van der Waals surface area contributed by atoms with Crippen molar-refractivity contribution in [2.24, 2.45) is 0 Å². The number of carbonyl (C=O) groups excluding carboxylic acids is 1. The minimum Gasteiger partial charge on any atom is -0.507 e. The van der Waals surface area contributed by atoms with Crippen molar-refractivity contribution in [1.29, 1.82) is 5.26 Å². The number of allylic oxidation sites excluding steroid dienone is 1. The normalized spacial score (nSPS) is 11.8. The Morgan fingerprint density at radius 2 is 1.83 bits per heavy atom. The molecule has 0 saturated heterocycles. The van der Waals surface area contributed by atoms with Crippen molar-refractivity contribution in [2.75, 3.05) is 6.61 Å². The molecule has 2 aromatic heterocycles. The van der Waals surface area contributed by atoms with Crippen LogP contribution in [0.3, 0.4) is 0 Å². The smallest absolute Gasteiger partial charge is 0.355 e. The van der Waals surface area contributed by atoms with Crippen LogP contribution >= 0.6 is 0 Å². The van der Waals surface area contributed by atoms with E-state index in [0.29, 0.717) is 21.9 Å². The second kappa shape index (κ2) is 7.32. The van der Waals surface area contributed by atoms with Crippen molar-refractivity contribution < 1.29 is 14.6 Å². The Morgan fingerprint density at radius 1 is 1.10 bits per heavy atom. The van der Waals surface area contributed by atoms with Crippen molar-refractivity contribution >= 4 is 33.5 Å². The van der Waals surface area contributed by atoms with Crippen LogP contribution < -0.4 is 5.43 Å². The van der Waals surface area contributed by atoms with Gasteiger partial charge in [0.1, 0.15) is 23.9 Å². The molecule has 8 nitrogen and oxygen atoms in total. The third-order valence-corrected chi connectivity index (χ3v) is 4.32. The number of hydrogen-bond donors (Lipinski definition) is 3. The molecule has 0 aliphatic rings. The predicted octanol–water partition coefficient (Wildman–Crippen LogP) is 3.05. The van der Waals surface area contributed by atoms with Gasteiger partial charge in [0.15, 0.2) is 17.0 Å². The molecule has 4 aromatic rings. The van der Waals surface area contributed by atoms with E-state index in [-0.39, 0.29) is 22.5 Å². The molecular formula is C21H14N4O4. The summed E-state index contributed by atoms with van der Waals surface area (Å²) in [6.07, 6.45) is 0. The lowest BCUT2D eigenvalue weighted by atomic mass is 10.2. The number of ether oxygens (including phenoxy) is 1. The van der Waals surface area contributed by atoms with E-state index in [1.807, 2.05) is 12.1 Å². The number of aliphatic hydroxyl groups is 1. The van der Waals surface area contributed by atoms with Gasteiger partial charge in [-0.3, -0.25) is 4.79 Å². The molecule has 0 aliphatic carbocycles. The van der Waals surface area contributed by atoms with Crippen LogP contribution in [-0.2, 0) is 4.74 Å². The number of esters is 1. The van der Waals surface area contributed by atoms with Crippen molar-refractivity contribution in [1.82, 2.24) is 15.0 Å². The van der Waals surface area contributed by atoms with E-state index in [4.69, 9.17) is 4.74 Å². The quantitative estimate of drug-likeness (QED) is 0.281. The summed E-state index contributed by atoms with van der Waals surface area (Å²) in [7, 11) is 0. The van der Waals surface area contributed by atoms with Crippen LogP contribution in [0.15, 0.2) is 65.2 Å². The molecule has 3 N–H and O–H groups in total. The van der Waals surface area contributed by atoms with Gasteiger partial charge < -0.3 is 19.8 Å². The summed E-state index contributed by atoms with van der Waals surface area (Å²) in [5.74, 6) is -1.12. The van der Waals surface area contributed by atoms with Gasteiger partial charge in [0.2, 0.25) is 0 Å². The molecule has 0 saturated carbocycles. The first-order valence-corrected chi connectivity index (χ1v) is 8.63. The molecule has 0 amide bonds. The highest BCUT2D eigenvalue weighted by atomic mass is 16.5. The number of para-hydroxylation sites is 3. The average molecular weight is 386 g/mol. The first-order chi connectivity index (χ1) is 14.1. The molecule has 2 heterocycles. The van der Waals surface area contributed by atoms with E-state index >= 15 is 0 Å². The Kier molecular flexibility index (Phi) is 4.55. The van der Waals surface area contributed by atoms with E-state index < -0.39 is 18.3 Å². The van der Waals surface area contributed by atoms with Gasteiger partial charge in [-0.05, 0) is 24.3 Å². The largest absolute Gasteiger partial charge is 0.507 e. The fourth-order valence-corrected chi connectivity index (χ4v) is 2.92. The molecule has 0 fully saturated rings. The molecule has 0 spiro atoms. The zero-order chi connectivity index (χ0) is 20.4. The summed E-state index contributed by atoms with van der Waals surface area (Å²) in [5, 5.41) is 20.1. The molecule has 0 aliphatic heterocycles. The van der Waals surface area contributed by atoms with E-state index in [9.17, 15) is 20.0 Å². The lowest BCUT2D eigenvalue weighted by Crippen LogP contribution is -2.14. The molecule has 2 aromatic carbocycles. The Morgan fingerprint density at radius 3 is 2.59 bits per heavy atom. The van der Waals surface area contributed by atoms with E-state index in [1.54, 1.807) is 42.5 Å². The van der Waals surface area contributed by atoms with Crippen LogP contribution in [0.25, 0.3) is 27.5 Å². The number of H-pyrrole nitrogens is 2. The lowest BCUT2D eigenvalue weighted by molar-refractivity contribution is 0.0496. The van der Waals surface area contributed by atoms with E-state index in [2.05, 4.69) is 15.0 Å². The highest BCUT2D eigenvalue weighted by Gasteiger charge is 2.16. The van der Waals surface area contributed by atoms with Gasteiger partial charge in [-0.2, -0.15) is 5.26 Å². The SMILES string of the molecule is N#C/C(=C(/O)COC(=O)c1cc(=O)c2ccccc2[nH]1)c1nc2ccccc2[nH]1. The second-order valence-corrected chi connectivity index (χ2v) is 6.21. The summed E-state index contributed by atoms with van der Waals surface area (Å²) in [5.41, 5.74) is 1.31. The molecular weight excluding hydrogens is 372 g/mol. The molecule has 0 radical (unpaired) electrons. The maximum atomic E-state index is 12.3. The number of rotatable bonds is 4. The lowest BCUT2D eigenvalue weighted by Gasteiger charge is -2.06. The molecule has 0 atom stereocenters. The molecule has 8 heteroatoms. The number of fused-ring (bicyclic) bond motifs is 2. The zero-order valence-electron chi connectivity index (χ0n) is 15.0. The summed E-state index contributed by atoms with van der Waals surface area (Å²) >= 11 is 0. The van der Waals surface area contributed by atoms with Crippen LogP contribution in [0.5, 0.6) is 0 Å². The van der Waals surface area contributed by atoms with Crippen molar-refractivity contribution in [3.8, 4) is 6.07 Å². The Bertz CT molecular complexity index is 1340. The number of aromatic nitrogens is 3. The minimum absolute atomic E-state index is 0.0521. The average Bonchev–Trinajstić information content (AvgIpc) is 3.16. The van der Waals surface area contributed by atoms with E-state index in [0.717, 1.165) is 6.07 Å². The van der Waals surface area contributed by atoms with E-state index in [1.165, 1.54) is 0 Å². The highest BCUT2D eigenvalue weighted by Crippen LogP contribution is 2.19. The monoisotopic (exact) mass is 386 g/mol. The summed E-state index contributed by atoms with van der Waals surface area (Å²) in [6.45, 7) is -0.548. The molecule has 142 valence electrons. The first-order valence-electron chi connectivity index (χ1n) is 8.63. The predicted molar refractivity (Wildman–Crippen MR) is 106 cm³/mol. The van der Waals surface area contributed by atoms with Gasteiger partial charge in [0.05, 0.1) is 11.0 Å². The number of aliphatic hydroxyl groups excluding tert-OH is 1. The van der Waals surface area contributed by atoms with Gasteiger partial charge >= 0.3 is 5.97 Å². The Labute approximate surface area is 163 Å². The number of pyridine rings is 1. The number of hydrogen-bond acceptors (Lipinski definition) is 6. The maximum Gasteiger partial charge on any atom is 0.355 e. The minimum atomic E-state index is -0.832. The summed E-state index contributed by atoms with van der Waals surface area (Å²) in [4.78, 5) is 34.4. The summed E-state index contributed by atoms with van der Waals surface area (Å²) in [6, 6.07) is 16.9. The molecule has 0 unspecified atom stereocenters. The van der Waals surface area contributed by atoms with Gasteiger partial charge in [-0.15, -0.1) is 0 Å². The number of carbonyl (C=O) groups is 1. The fourth-order valence-electron chi connectivity index (χ4n) is 2.92. The fraction of sp³-hybridized carbons (Fsp3) is 0.0476. The number of imidazole rings is 1. The summed E-state index contributed by atoms with van der Waals surface area (Å²) < 4.78 is 5.06. The topological polar surface area (TPSA) is 132 Å². The maximum absolute atomic E-state index is 12.3. The number of nitrogens with one attached hydrogen (secondary N) is 2. The van der Waals surface area contributed by atoms with Gasteiger partial charge in [0.25, 0.3) is 0 Å². The van der Waals surface area contributed by atoms with Gasteiger partial charge in [-0.1, -0.05) is 24.3 Å². The van der Waals surface area contributed by atoms with Crippen LogP contribution in [0.2, 0.25) is 0 Å². The zero-order valence-corrected chi connectivity index (χ0v) is 15.0. The number of nitriles is 1. The number of aromatic amines is 2. The van der Waals surface area contributed by atoms with Crippen molar-refractivity contribution in [2.45, 2.75) is 0 Å². The highest BCUT2D eigenvalue weighted by molar-refractivity contribution is 5.91. The van der Waals surface area contributed by atoms with Gasteiger partial charge in [0, 0.05) is 17.0 Å². The molecule has 0 bridgehead atoms. The third kappa shape index (κ3) is 3.44. The van der Waals surface area contributed by atoms with Gasteiger partial charge in [-0.25, -0.2) is 9.78 Å². The van der Waals surface area contributed by atoms with Crippen LogP contribution in [-0.4, -0.2) is 32.6 Å².